The Labute approximate surface area is 149 Å². The number of hydrogen-bond acceptors (Lipinski definition) is 2. The molecule has 2 N–H and O–H groups in total. The lowest BCUT2D eigenvalue weighted by Gasteiger charge is -2.11. The molecule has 0 aliphatic rings. The number of guanidine groups is 1. The van der Waals surface area contributed by atoms with Crippen LogP contribution in [0.5, 0.6) is 0 Å². The highest BCUT2D eigenvalue weighted by atomic mass is 127. The Morgan fingerprint density at radius 3 is 2.68 bits per heavy atom. The van der Waals surface area contributed by atoms with E-state index < -0.39 is 0 Å². The molecule has 0 saturated heterocycles. The highest BCUT2D eigenvalue weighted by Gasteiger charge is 2.00. The van der Waals surface area contributed by atoms with E-state index in [1.54, 1.807) is 13.0 Å². The fourth-order valence-electron chi connectivity index (χ4n) is 1.84. The van der Waals surface area contributed by atoms with Crippen LogP contribution < -0.4 is 10.6 Å². The zero-order valence-corrected chi connectivity index (χ0v) is 15.9. The molecule has 0 unspecified atom stereocenters. The van der Waals surface area contributed by atoms with Crippen molar-refractivity contribution in [3.05, 3.63) is 35.1 Å². The molecule has 0 spiro atoms. The van der Waals surface area contributed by atoms with E-state index in [9.17, 15) is 4.39 Å². The SMILES string of the molecule is CCNC(=NCc1ccc(F)c(C)c1)NCCCOCC.I. The fraction of sp³-hybridized carbons (Fsp3) is 0.562. The standard InChI is InChI=1S/C16H26FN3O.HI/c1-4-18-16(19-9-6-10-21-5-2)20-12-14-7-8-15(17)13(3)11-14;/h7-8,11H,4-6,9-10,12H2,1-3H3,(H2,18,19,20);1H. The number of aliphatic imine (C=N–C) groups is 1. The van der Waals surface area contributed by atoms with Crippen molar-refractivity contribution < 1.29 is 9.13 Å². The van der Waals surface area contributed by atoms with Gasteiger partial charge in [-0.1, -0.05) is 12.1 Å². The third-order valence-electron chi connectivity index (χ3n) is 2.95. The van der Waals surface area contributed by atoms with Gasteiger partial charge in [0.25, 0.3) is 0 Å². The van der Waals surface area contributed by atoms with Gasteiger partial charge in [0.1, 0.15) is 5.82 Å². The second kappa shape index (κ2) is 12.6. The van der Waals surface area contributed by atoms with E-state index in [2.05, 4.69) is 15.6 Å². The second-order valence-electron chi connectivity index (χ2n) is 4.76. The highest BCUT2D eigenvalue weighted by molar-refractivity contribution is 14.0. The van der Waals surface area contributed by atoms with Crippen LogP contribution in [-0.4, -0.2) is 32.3 Å². The van der Waals surface area contributed by atoms with E-state index in [0.29, 0.717) is 12.1 Å². The van der Waals surface area contributed by atoms with E-state index in [4.69, 9.17) is 4.74 Å². The van der Waals surface area contributed by atoms with E-state index in [1.165, 1.54) is 6.07 Å². The maximum atomic E-state index is 13.2. The van der Waals surface area contributed by atoms with Gasteiger partial charge in [-0.2, -0.15) is 0 Å². The number of halogens is 2. The summed E-state index contributed by atoms with van der Waals surface area (Å²) in [6, 6.07) is 5.09. The quantitative estimate of drug-likeness (QED) is 0.292. The predicted molar refractivity (Wildman–Crippen MR) is 100 cm³/mol. The van der Waals surface area contributed by atoms with Crippen LogP contribution in [0.4, 0.5) is 4.39 Å². The Morgan fingerprint density at radius 2 is 2.05 bits per heavy atom. The topological polar surface area (TPSA) is 45.7 Å². The molecule has 0 aliphatic carbocycles. The van der Waals surface area contributed by atoms with Crippen LogP contribution in [0.3, 0.4) is 0 Å². The maximum absolute atomic E-state index is 13.2. The lowest BCUT2D eigenvalue weighted by atomic mass is 10.1. The number of nitrogens with zero attached hydrogens (tertiary/aromatic N) is 1. The van der Waals surface area contributed by atoms with Gasteiger partial charge in [0.2, 0.25) is 0 Å². The van der Waals surface area contributed by atoms with Crippen molar-refractivity contribution in [1.82, 2.24) is 10.6 Å². The van der Waals surface area contributed by atoms with Crippen LogP contribution in [-0.2, 0) is 11.3 Å². The van der Waals surface area contributed by atoms with E-state index >= 15 is 0 Å². The Hall–Kier alpha value is -0.890. The molecule has 1 rings (SSSR count). The summed E-state index contributed by atoms with van der Waals surface area (Å²) in [6.07, 6.45) is 0.938. The summed E-state index contributed by atoms with van der Waals surface area (Å²) in [6.45, 7) is 9.43. The van der Waals surface area contributed by atoms with Crippen LogP contribution in [0.1, 0.15) is 31.4 Å². The van der Waals surface area contributed by atoms with Crippen LogP contribution in [0.2, 0.25) is 0 Å². The fourth-order valence-corrected chi connectivity index (χ4v) is 1.84. The minimum absolute atomic E-state index is 0. The summed E-state index contributed by atoms with van der Waals surface area (Å²) < 4.78 is 18.5. The van der Waals surface area contributed by atoms with Gasteiger partial charge in [-0.3, -0.25) is 0 Å². The molecule has 0 bridgehead atoms. The molecule has 0 atom stereocenters. The zero-order valence-electron chi connectivity index (χ0n) is 13.6. The molecule has 0 aliphatic heterocycles. The molecule has 0 fully saturated rings. The van der Waals surface area contributed by atoms with Crippen molar-refractivity contribution in [3.63, 3.8) is 0 Å². The van der Waals surface area contributed by atoms with Gasteiger partial charge < -0.3 is 15.4 Å². The first kappa shape index (κ1) is 21.1. The predicted octanol–water partition coefficient (Wildman–Crippen LogP) is 3.23. The Bertz CT molecular complexity index is 455. The van der Waals surface area contributed by atoms with Crippen molar-refractivity contribution >= 4 is 29.9 Å². The lowest BCUT2D eigenvalue weighted by Crippen LogP contribution is -2.38. The van der Waals surface area contributed by atoms with E-state index in [-0.39, 0.29) is 29.8 Å². The number of hydrogen-bond donors (Lipinski definition) is 2. The average molecular weight is 423 g/mol. The van der Waals surface area contributed by atoms with Gasteiger partial charge in [0.05, 0.1) is 6.54 Å². The minimum atomic E-state index is -0.177. The monoisotopic (exact) mass is 423 g/mol. The van der Waals surface area contributed by atoms with Gasteiger partial charge in [0.15, 0.2) is 5.96 Å². The molecule has 0 radical (unpaired) electrons. The summed E-state index contributed by atoms with van der Waals surface area (Å²) in [7, 11) is 0. The van der Waals surface area contributed by atoms with Gasteiger partial charge in [0, 0.05) is 26.3 Å². The number of benzene rings is 1. The molecule has 126 valence electrons. The zero-order chi connectivity index (χ0) is 15.5. The van der Waals surface area contributed by atoms with Crippen molar-refractivity contribution in [3.8, 4) is 0 Å². The van der Waals surface area contributed by atoms with Crippen molar-refractivity contribution in [1.29, 1.82) is 0 Å². The number of ether oxygens (including phenoxy) is 1. The molecular formula is C16H27FIN3O. The van der Waals surface area contributed by atoms with Crippen LogP contribution in [0.15, 0.2) is 23.2 Å². The normalized spacial score (nSPS) is 11.0. The highest BCUT2D eigenvalue weighted by Crippen LogP contribution is 2.09. The Morgan fingerprint density at radius 1 is 1.27 bits per heavy atom. The Balaban J connectivity index is 0.00000441. The summed E-state index contributed by atoms with van der Waals surface area (Å²) in [5.74, 6) is 0.597. The molecular weight excluding hydrogens is 396 g/mol. The van der Waals surface area contributed by atoms with Crippen molar-refractivity contribution in [2.24, 2.45) is 4.99 Å². The summed E-state index contributed by atoms with van der Waals surface area (Å²) >= 11 is 0. The minimum Gasteiger partial charge on any atom is -0.382 e. The summed E-state index contributed by atoms with van der Waals surface area (Å²) in [5, 5.41) is 6.45. The first-order chi connectivity index (χ1) is 10.2. The van der Waals surface area contributed by atoms with Crippen molar-refractivity contribution in [2.75, 3.05) is 26.3 Å². The molecule has 6 heteroatoms. The van der Waals surface area contributed by atoms with Gasteiger partial charge in [-0.15, -0.1) is 24.0 Å². The smallest absolute Gasteiger partial charge is 0.191 e. The molecule has 0 aromatic heterocycles. The largest absolute Gasteiger partial charge is 0.382 e. The molecule has 1 aromatic carbocycles. The maximum Gasteiger partial charge on any atom is 0.191 e. The van der Waals surface area contributed by atoms with E-state index in [1.807, 2.05) is 19.9 Å². The summed E-state index contributed by atoms with van der Waals surface area (Å²) in [4.78, 5) is 4.50. The third kappa shape index (κ3) is 8.53. The number of rotatable bonds is 8. The average Bonchev–Trinajstić information content (AvgIpc) is 2.48. The number of nitrogens with one attached hydrogen (secondary N) is 2. The van der Waals surface area contributed by atoms with Gasteiger partial charge >= 0.3 is 0 Å². The third-order valence-corrected chi connectivity index (χ3v) is 2.95. The Kier molecular flexibility index (Phi) is 12.1. The van der Waals surface area contributed by atoms with Crippen LogP contribution in [0, 0.1) is 12.7 Å². The molecule has 4 nitrogen and oxygen atoms in total. The first-order valence-corrected chi connectivity index (χ1v) is 7.52. The molecule has 1 aromatic rings. The summed E-state index contributed by atoms with van der Waals surface area (Å²) in [5.41, 5.74) is 1.65. The second-order valence-corrected chi connectivity index (χ2v) is 4.76. The molecule has 0 saturated carbocycles. The van der Waals surface area contributed by atoms with Gasteiger partial charge in [-0.25, -0.2) is 9.38 Å². The van der Waals surface area contributed by atoms with Gasteiger partial charge in [-0.05, 0) is 44.4 Å². The van der Waals surface area contributed by atoms with E-state index in [0.717, 1.165) is 44.2 Å². The molecule has 0 heterocycles. The lowest BCUT2D eigenvalue weighted by molar-refractivity contribution is 0.145. The van der Waals surface area contributed by atoms with Crippen LogP contribution in [0.25, 0.3) is 0 Å². The number of aryl methyl sites for hydroxylation is 1. The van der Waals surface area contributed by atoms with Crippen molar-refractivity contribution in [2.45, 2.75) is 33.7 Å². The first-order valence-electron chi connectivity index (χ1n) is 7.52. The van der Waals surface area contributed by atoms with Crippen LogP contribution >= 0.6 is 24.0 Å². The molecule has 22 heavy (non-hydrogen) atoms. The molecule has 0 amide bonds.